The third-order valence-electron chi connectivity index (χ3n) is 3.93. The number of rotatable bonds is 2. The largest absolute Gasteiger partial charge is 0.444 e. The molecule has 0 unspecified atom stereocenters. The maximum absolute atomic E-state index is 14.2. The second-order valence-corrected chi connectivity index (χ2v) is 7.68. The summed E-state index contributed by atoms with van der Waals surface area (Å²) in [4.78, 5) is 17.7. The number of aromatic nitrogens is 3. The first-order valence-electron chi connectivity index (χ1n) is 8.37. The molecule has 1 aliphatic heterocycles. The Bertz CT molecular complexity index is 813. The van der Waals surface area contributed by atoms with Gasteiger partial charge in [0.15, 0.2) is 11.0 Å². The number of nitrogens with one attached hydrogen (secondary N) is 1. The van der Waals surface area contributed by atoms with Crippen molar-refractivity contribution in [2.75, 3.05) is 18.4 Å². The number of alkyl halides is 1. The Morgan fingerprint density at radius 2 is 2.12 bits per heavy atom. The molecule has 1 aliphatic rings. The van der Waals surface area contributed by atoms with Gasteiger partial charge in [-0.15, -0.1) is 10.2 Å². The van der Waals surface area contributed by atoms with Crippen LogP contribution in [0.1, 0.15) is 27.2 Å². The zero-order valence-electron chi connectivity index (χ0n) is 14.9. The lowest BCUT2D eigenvalue weighted by atomic mass is 10.0. The van der Waals surface area contributed by atoms with E-state index in [1.54, 1.807) is 39.2 Å². The van der Waals surface area contributed by atoms with Gasteiger partial charge in [0.25, 0.3) is 0 Å². The molecule has 2 atom stereocenters. The number of hydrogen-bond donors (Lipinski definition) is 1. The van der Waals surface area contributed by atoms with Crippen LogP contribution < -0.4 is 5.32 Å². The standard InChI is InChI=1S/C17H21ClFN5O2/c1-17(2,3)26-16(25)24-8-10(19)6-11(9-24)21-15-13-7-20-5-4-12(13)14(18)22-23-15/h4-5,7,10-11H,6,8-9H2,1-3H3,(H,21,23)/t10-,11-/m1/s1. The molecule has 0 aliphatic carbocycles. The minimum Gasteiger partial charge on any atom is -0.444 e. The lowest BCUT2D eigenvalue weighted by Gasteiger charge is -2.36. The first kappa shape index (κ1) is 18.6. The molecule has 1 amide bonds. The molecule has 1 saturated heterocycles. The number of piperidine rings is 1. The second-order valence-electron chi connectivity index (χ2n) is 7.32. The fourth-order valence-electron chi connectivity index (χ4n) is 2.88. The zero-order valence-corrected chi connectivity index (χ0v) is 15.6. The molecule has 140 valence electrons. The summed E-state index contributed by atoms with van der Waals surface area (Å²) in [5, 5.41) is 12.8. The monoisotopic (exact) mass is 381 g/mol. The van der Waals surface area contributed by atoms with E-state index in [0.717, 1.165) is 0 Å². The van der Waals surface area contributed by atoms with Crippen LogP contribution in [0.15, 0.2) is 18.5 Å². The molecular formula is C17H21ClFN5O2. The Morgan fingerprint density at radius 1 is 1.35 bits per heavy atom. The van der Waals surface area contributed by atoms with Crippen LogP contribution in [-0.4, -0.2) is 57.1 Å². The highest BCUT2D eigenvalue weighted by atomic mass is 35.5. The fraction of sp³-hybridized carbons (Fsp3) is 0.529. The summed E-state index contributed by atoms with van der Waals surface area (Å²) in [6.07, 6.45) is 1.81. The molecule has 2 aromatic heterocycles. The van der Waals surface area contributed by atoms with Crippen molar-refractivity contribution in [3.63, 3.8) is 0 Å². The third kappa shape index (κ3) is 4.30. The van der Waals surface area contributed by atoms with Crippen LogP contribution in [0.3, 0.4) is 0 Å². The van der Waals surface area contributed by atoms with Gasteiger partial charge in [0.2, 0.25) is 0 Å². The minimum atomic E-state index is -1.15. The van der Waals surface area contributed by atoms with Crippen LogP contribution >= 0.6 is 11.6 Å². The van der Waals surface area contributed by atoms with E-state index in [-0.39, 0.29) is 24.2 Å². The van der Waals surface area contributed by atoms with Crippen LogP contribution in [0.5, 0.6) is 0 Å². The predicted molar refractivity (Wildman–Crippen MR) is 97.1 cm³/mol. The average Bonchev–Trinajstić information content (AvgIpc) is 2.56. The number of likely N-dealkylation sites (tertiary alicyclic amines) is 1. The van der Waals surface area contributed by atoms with E-state index in [1.807, 2.05) is 0 Å². The Balaban J connectivity index is 1.78. The van der Waals surface area contributed by atoms with Crippen molar-refractivity contribution < 1.29 is 13.9 Å². The Hall–Kier alpha value is -2.22. The van der Waals surface area contributed by atoms with Gasteiger partial charge >= 0.3 is 6.09 Å². The van der Waals surface area contributed by atoms with Gasteiger partial charge in [-0.3, -0.25) is 4.98 Å². The number of carbonyl (C=O) groups excluding carboxylic acids is 1. The Morgan fingerprint density at radius 3 is 2.85 bits per heavy atom. The lowest BCUT2D eigenvalue weighted by molar-refractivity contribution is 0.0124. The highest BCUT2D eigenvalue weighted by molar-refractivity contribution is 6.34. The maximum atomic E-state index is 14.2. The quantitative estimate of drug-likeness (QED) is 0.858. The summed E-state index contributed by atoms with van der Waals surface area (Å²) in [5.74, 6) is 0.459. The predicted octanol–water partition coefficient (Wildman–Crippen LogP) is 3.44. The van der Waals surface area contributed by atoms with Crippen LogP contribution in [0.2, 0.25) is 5.15 Å². The number of amides is 1. The van der Waals surface area contributed by atoms with Crippen LogP contribution in [0, 0.1) is 0 Å². The molecular weight excluding hydrogens is 361 g/mol. The van der Waals surface area contributed by atoms with Gasteiger partial charge in [0.1, 0.15) is 11.8 Å². The van der Waals surface area contributed by atoms with Crippen molar-refractivity contribution in [2.24, 2.45) is 0 Å². The molecule has 0 spiro atoms. The molecule has 0 bridgehead atoms. The smallest absolute Gasteiger partial charge is 0.410 e. The van der Waals surface area contributed by atoms with Crippen molar-refractivity contribution in [3.05, 3.63) is 23.6 Å². The summed E-state index contributed by atoms with van der Waals surface area (Å²) in [6, 6.07) is 1.41. The topological polar surface area (TPSA) is 80.2 Å². The molecule has 1 fully saturated rings. The van der Waals surface area contributed by atoms with Gasteiger partial charge in [-0.05, 0) is 26.8 Å². The van der Waals surface area contributed by atoms with Gasteiger partial charge in [0.05, 0.1) is 6.54 Å². The van der Waals surface area contributed by atoms with Gasteiger partial charge < -0.3 is 15.0 Å². The highest BCUT2D eigenvalue weighted by Gasteiger charge is 2.33. The highest BCUT2D eigenvalue weighted by Crippen LogP contribution is 2.27. The summed E-state index contributed by atoms with van der Waals surface area (Å²) < 4.78 is 19.5. The Labute approximate surface area is 155 Å². The van der Waals surface area contributed by atoms with Crippen molar-refractivity contribution in [1.82, 2.24) is 20.1 Å². The first-order valence-corrected chi connectivity index (χ1v) is 8.75. The van der Waals surface area contributed by atoms with Crippen molar-refractivity contribution >= 4 is 34.3 Å². The van der Waals surface area contributed by atoms with Gasteiger partial charge in [0, 0.05) is 42.2 Å². The first-order chi connectivity index (χ1) is 12.2. The maximum Gasteiger partial charge on any atom is 0.410 e. The number of carbonyl (C=O) groups is 1. The summed E-state index contributed by atoms with van der Waals surface area (Å²) in [5.41, 5.74) is -0.632. The van der Waals surface area contributed by atoms with E-state index in [0.29, 0.717) is 23.1 Å². The fourth-order valence-corrected chi connectivity index (χ4v) is 3.08. The molecule has 7 nitrogen and oxygen atoms in total. The lowest BCUT2D eigenvalue weighted by Crippen LogP contribution is -2.51. The van der Waals surface area contributed by atoms with Crippen molar-refractivity contribution in [1.29, 1.82) is 0 Å². The SMILES string of the molecule is CC(C)(C)OC(=O)N1C[C@H](F)C[C@@H](Nc2nnc(Cl)c3ccncc23)C1. The van der Waals surface area contributed by atoms with E-state index >= 15 is 0 Å². The van der Waals surface area contributed by atoms with E-state index in [2.05, 4.69) is 20.5 Å². The second kappa shape index (κ2) is 7.19. The number of pyridine rings is 1. The average molecular weight is 382 g/mol. The summed E-state index contributed by atoms with van der Waals surface area (Å²) in [6.45, 7) is 5.66. The number of halogens is 2. The van der Waals surface area contributed by atoms with E-state index in [9.17, 15) is 9.18 Å². The molecule has 1 N–H and O–H groups in total. The molecule has 2 aromatic rings. The molecule has 3 heterocycles. The summed E-state index contributed by atoms with van der Waals surface area (Å²) >= 11 is 6.06. The van der Waals surface area contributed by atoms with E-state index in [1.165, 1.54) is 4.90 Å². The van der Waals surface area contributed by atoms with E-state index in [4.69, 9.17) is 16.3 Å². The molecule has 3 rings (SSSR count). The van der Waals surface area contributed by atoms with Gasteiger partial charge in [-0.25, -0.2) is 9.18 Å². The third-order valence-corrected chi connectivity index (χ3v) is 4.21. The molecule has 0 saturated carbocycles. The number of nitrogens with zero attached hydrogens (tertiary/aromatic N) is 4. The van der Waals surface area contributed by atoms with Crippen LogP contribution in [0.25, 0.3) is 10.8 Å². The Kier molecular flexibility index (Phi) is 5.13. The van der Waals surface area contributed by atoms with Crippen molar-refractivity contribution in [3.8, 4) is 0 Å². The number of fused-ring (bicyclic) bond motifs is 1. The van der Waals surface area contributed by atoms with Crippen molar-refractivity contribution in [2.45, 2.75) is 45.0 Å². The number of ether oxygens (including phenoxy) is 1. The summed E-state index contributed by atoms with van der Waals surface area (Å²) in [7, 11) is 0. The van der Waals surface area contributed by atoms with Crippen LogP contribution in [-0.2, 0) is 4.74 Å². The van der Waals surface area contributed by atoms with Crippen LogP contribution in [0.4, 0.5) is 15.0 Å². The number of hydrogen-bond acceptors (Lipinski definition) is 6. The van der Waals surface area contributed by atoms with E-state index < -0.39 is 17.9 Å². The minimum absolute atomic E-state index is 0.0156. The number of anilines is 1. The molecule has 26 heavy (non-hydrogen) atoms. The normalized spacial score (nSPS) is 20.9. The van der Waals surface area contributed by atoms with Gasteiger partial charge in [-0.2, -0.15) is 0 Å². The molecule has 0 radical (unpaired) electrons. The molecule has 9 heteroatoms. The molecule has 0 aromatic carbocycles. The zero-order chi connectivity index (χ0) is 18.9. The van der Waals surface area contributed by atoms with Gasteiger partial charge in [-0.1, -0.05) is 11.6 Å².